The van der Waals surface area contributed by atoms with Crippen LogP contribution in [0.5, 0.6) is 0 Å². The summed E-state index contributed by atoms with van der Waals surface area (Å²) < 4.78 is 5.31. The van der Waals surface area contributed by atoms with E-state index >= 15 is 0 Å². The Balaban J connectivity index is 1.95. The highest BCUT2D eigenvalue weighted by Crippen LogP contribution is 2.45. The number of hydrogen-bond donors (Lipinski definition) is 0. The highest BCUT2D eigenvalue weighted by Gasteiger charge is 2.41. The standard InChI is InChI=1S/C16H17N3O/c17-12-6-9-14-18-15(19-20-14)16(10-4-5-11-16)13-7-2-1-3-8-13/h1-3,7-8H,4-6,9-11H2. The maximum absolute atomic E-state index is 8.63. The van der Waals surface area contributed by atoms with Gasteiger partial charge in [-0.05, 0) is 18.4 Å². The SMILES string of the molecule is N#CCCc1nc(C2(c3ccccc3)CCCC2)no1. The molecule has 1 aliphatic carbocycles. The molecule has 1 aromatic carbocycles. The first-order valence-electron chi connectivity index (χ1n) is 7.11. The summed E-state index contributed by atoms with van der Waals surface area (Å²) in [4.78, 5) is 4.55. The van der Waals surface area contributed by atoms with E-state index in [-0.39, 0.29) is 5.41 Å². The second-order valence-corrected chi connectivity index (χ2v) is 5.33. The summed E-state index contributed by atoms with van der Waals surface area (Å²) in [6.45, 7) is 0. The third-order valence-corrected chi connectivity index (χ3v) is 4.13. The van der Waals surface area contributed by atoms with Crippen LogP contribution in [0, 0.1) is 11.3 Å². The van der Waals surface area contributed by atoms with Crippen LogP contribution in [0.1, 0.15) is 49.4 Å². The van der Waals surface area contributed by atoms with Gasteiger partial charge in [0.1, 0.15) is 0 Å². The van der Waals surface area contributed by atoms with E-state index in [0.29, 0.717) is 18.7 Å². The van der Waals surface area contributed by atoms with Crippen LogP contribution >= 0.6 is 0 Å². The molecule has 1 saturated carbocycles. The van der Waals surface area contributed by atoms with Gasteiger partial charge in [-0.25, -0.2) is 0 Å². The van der Waals surface area contributed by atoms with Gasteiger partial charge in [0.05, 0.1) is 11.5 Å². The molecule has 1 heterocycles. The van der Waals surface area contributed by atoms with E-state index in [2.05, 4.69) is 40.5 Å². The Labute approximate surface area is 118 Å². The first-order valence-corrected chi connectivity index (χ1v) is 7.11. The van der Waals surface area contributed by atoms with Crippen molar-refractivity contribution < 1.29 is 4.52 Å². The van der Waals surface area contributed by atoms with Gasteiger partial charge in [-0.2, -0.15) is 10.2 Å². The predicted molar refractivity (Wildman–Crippen MR) is 73.9 cm³/mol. The largest absolute Gasteiger partial charge is 0.339 e. The number of aromatic nitrogens is 2. The number of benzene rings is 1. The van der Waals surface area contributed by atoms with Crippen molar-refractivity contribution in [2.75, 3.05) is 0 Å². The van der Waals surface area contributed by atoms with Gasteiger partial charge in [-0.3, -0.25) is 0 Å². The summed E-state index contributed by atoms with van der Waals surface area (Å²) in [5, 5.41) is 12.8. The summed E-state index contributed by atoms with van der Waals surface area (Å²) in [6.07, 6.45) is 5.46. The molecule has 102 valence electrons. The minimum Gasteiger partial charge on any atom is -0.339 e. The van der Waals surface area contributed by atoms with E-state index in [1.165, 1.54) is 18.4 Å². The van der Waals surface area contributed by atoms with Crippen LogP contribution in [-0.2, 0) is 11.8 Å². The van der Waals surface area contributed by atoms with Crippen LogP contribution in [0.15, 0.2) is 34.9 Å². The number of nitrogens with zero attached hydrogens (tertiary/aromatic N) is 3. The van der Waals surface area contributed by atoms with E-state index in [9.17, 15) is 0 Å². The van der Waals surface area contributed by atoms with Crippen LogP contribution in [0.4, 0.5) is 0 Å². The van der Waals surface area contributed by atoms with Crippen LogP contribution in [0.3, 0.4) is 0 Å². The molecule has 1 fully saturated rings. The zero-order valence-corrected chi connectivity index (χ0v) is 11.4. The molecule has 4 heteroatoms. The molecule has 2 aromatic rings. The molecule has 0 saturated heterocycles. The topological polar surface area (TPSA) is 62.7 Å². The van der Waals surface area contributed by atoms with Gasteiger partial charge in [-0.15, -0.1) is 0 Å². The number of aryl methyl sites for hydroxylation is 1. The van der Waals surface area contributed by atoms with Gasteiger partial charge in [0.2, 0.25) is 5.89 Å². The van der Waals surface area contributed by atoms with Gasteiger partial charge in [0, 0.05) is 12.8 Å². The molecule has 1 aromatic heterocycles. The average Bonchev–Trinajstić information content (AvgIpc) is 3.16. The van der Waals surface area contributed by atoms with Gasteiger partial charge < -0.3 is 4.52 Å². The lowest BCUT2D eigenvalue weighted by molar-refractivity contribution is 0.360. The van der Waals surface area contributed by atoms with E-state index in [1.54, 1.807) is 0 Å². The third kappa shape index (κ3) is 2.20. The summed E-state index contributed by atoms with van der Waals surface area (Å²) in [7, 11) is 0. The molecule has 0 spiro atoms. The summed E-state index contributed by atoms with van der Waals surface area (Å²) in [5.41, 5.74) is 1.17. The normalized spacial score (nSPS) is 16.9. The van der Waals surface area contributed by atoms with E-state index in [1.807, 2.05) is 6.07 Å². The minimum absolute atomic E-state index is 0.102. The zero-order chi connectivity index (χ0) is 13.8. The van der Waals surface area contributed by atoms with Gasteiger partial charge >= 0.3 is 0 Å². The Hall–Kier alpha value is -2.15. The van der Waals surface area contributed by atoms with Crippen molar-refractivity contribution >= 4 is 0 Å². The molecule has 0 N–H and O–H groups in total. The molecule has 0 aliphatic heterocycles. The summed E-state index contributed by atoms with van der Waals surface area (Å²) in [6, 6.07) is 12.6. The van der Waals surface area contributed by atoms with Crippen molar-refractivity contribution in [1.29, 1.82) is 5.26 Å². The Bertz CT molecular complexity index is 606. The fourth-order valence-electron chi connectivity index (χ4n) is 3.09. The molecular formula is C16H17N3O. The van der Waals surface area contributed by atoms with Crippen molar-refractivity contribution in [3.05, 3.63) is 47.6 Å². The van der Waals surface area contributed by atoms with Crippen LogP contribution in [0.2, 0.25) is 0 Å². The van der Waals surface area contributed by atoms with Crippen molar-refractivity contribution in [2.24, 2.45) is 0 Å². The molecule has 0 unspecified atom stereocenters. The fourth-order valence-corrected chi connectivity index (χ4v) is 3.09. The highest BCUT2D eigenvalue weighted by molar-refractivity contribution is 5.33. The number of nitriles is 1. The maximum atomic E-state index is 8.63. The van der Waals surface area contributed by atoms with E-state index < -0.39 is 0 Å². The van der Waals surface area contributed by atoms with E-state index in [0.717, 1.165) is 18.7 Å². The Morgan fingerprint density at radius 3 is 2.65 bits per heavy atom. The fraction of sp³-hybridized carbons (Fsp3) is 0.438. The second kappa shape index (κ2) is 5.46. The van der Waals surface area contributed by atoms with Crippen molar-refractivity contribution in [3.8, 4) is 6.07 Å². The van der Waals surface area contributed by atoms with Crippen molar-refractivity contribution in [3.63, 3.8) is 0 Å². The molecule has 4 nitrogen and oxygen atoms in total. The third-order valence-electron chi connectivity index (χ3n) is 4.13. The monoisotopic (exact) mass is 267 g/mol. The number of hydrogen-bond acceptors (Lipinski definition) is 4. The Morgan fingerprint density at radius 1 is 1.20 bits per heavy atom. The predicted octanol–water partition coefficient (Wildman–Crippen LogP) is 3.39. The second-order valence-electron chi connectivity index (χ2n) is 5.33. The smallest absolute Gasteiger partial charge is 0.227 e. The average molecular weight is 267 g/mol. The summed E-state index contributed by atoms with van der Waals surface area (Å²) in [5.74, 6) is 1.36. The maximum Gasteiger partial charge on any atom is 0.227 e. The quantitative estimate of drug-likeness (QED) is 0.851. The van der Waals surface area contributed by atoms with Crippen LogP contribution < -0.4 is 0 Å². The number of rotatable bonds is 4. The van der Waals surface area contributed by atoms with Crippen LogP contribution in [0.25, 0.3) is 0 Å². The molecule has 0 atom stereocenters. The Kier molecular flexibility index (Phi) is 3.51. The molecule has 3 rings (SSSR count). The highest BCUT2D eigenvalue weighted by atomic mass is 16.5. The molecular weight excluding hydrogens is 250 g/mol. The van der Waals surface area contributed by atoms with Gasteiger partial charge in [-0.1, -0.05) is 48.3 Å². The van der Waals surface area contributed by atoms with Gasteiger partial charge in [0.15, 0.2) is 5.82 Å². The lowest BCUT2D eigenvalue weighted by Crippen LogP contribution is -2.25. The lowest BCUT2D eigenvalue weighted by Gasteiger charge is -2.25. The van der Waals surface area contributed by atoms with Crippen LogP contribution in [-0.4, -0.2) is 10.1 Å². The molecule has 1 aliphatic rings. The molecule has 0 bridgehead atoms. The molecule has 20 heavy (non-hydrogen) atoms. The Morgan fingerprint density at radius 2 is 1.95 bits per heavy atom. The molecule has 0 radical (unpaired) electrons. The van der Waals surface area contributed by atoms with E-state index in [4.69, 9.17) is 9.78 Å². The van der Waals surface area contributed by atoms with Crippen molar-refractivity contribution in [2.45, 2.75) is 43.9 Å². The summed E-state index contributed by atoms with van der Waals surface area (Å²) >= 11 is 0. The zero-order valence-electron chi connectivity index (χ0n) is 11.4. The molecule has 0 amide bonds. The van der Waals surface area contributed by atoms with Gasteiger partial charge in [0.25, 0.3) is 0 Å². The van der Waals surface area contributed by atoms with Crippen molar-refractivity contribution in [1.82, 2.24) is 10.1 Å². The first-order chi connectivity index (χ1) is 9.85. The first kappa shape index (κ1) is 12.9. The lowest BCUT2D eigenvalue weighted by atomic mass is 9.78. The minimum atomic E-state index is -0.102.